The van der Waals surface area contributed by atoms with Gasteiger partial charge in [0.2, 0.25) is 5.91 Å². The first-order valence-corrected chi connectivity index (χ1v) is 8.61. The number of amides is 1. The molecule has 1 amide bonds. The SMILES string of the molecule is CSCC[C@@H](N)C(=O)N(Cc1cccc(C)c1)C1CC1. The van der Waals surface area contributed by atoms with E-state index in [4.69, 9.17) is 5.73 Å². The summed E-state index contributed by atoms with van der Waals surface area (Å²) < 4.78 is 0. The van der Waals surface area contributed by atoms with E-state index >= 15 is 0 Å². The number of carbonyl (C=O) groups excluding carboxylic acids is 1. The number of nitrogens with two attached hydrogens (primary N) is 1. The number of carbonyl (C=O) groups is 1. The molecule has 1 aromatic rings. The minimum atomic E-state index is -0.354. The maximum Gasteiger partial charge on any atom is 0.240 e. The van der Waals surface area contributed by atoms with Gasteiger partial charge in [-0.1, -0.05) is 29.8 Å². The van der Waals surface area contributed by atoms with Crippen LogP contribution in [0.1, 0.15) is 30.4 Å². The van der Waals surface area contributed by atoms with Crippen LogP contribution in [0.3, 0.4) is 0 Å². The highest BCUT2D eigenvalue weighted by Crippen LogP contribution is 2.29. The summed E-state index contributed by atoms with van der Waals surface area (Å²) in [5.41, 5.74) is 8.48. The second-order valence-electron chi connectivity index (χ2n) is 5.57. The molecule has 0 aliphatic heterocycles. The van der Waals surface area contributed by atoms with E-state index in [2.05, 4.69) is 25.1 Å². The lowest BCUT2D eigenvalue weighted by Gasteiger charge is -2.26. The molecule has 1 fully saturated rings. The number of hydrogen-bond donors (Lipinski definition) is 1. The lowest BCUT2D eigenvalue weighted by Crippen LogP contribution is -2.44. The van der Waals surface area contributed by atoms with E-state index in [0.29, 0.717) is 12.6 Å². The van der Waals surface area contributed by atoms with Crippen LogP contribution in [0, 0.1) is 6.92 Å². The van der Waals surface area contributed by atoms with Gasteiger partial charge in [0.1, 0.15) is 0 Å². The van der Waals surface area contributed by atoms with Crippen molar-refractivity contribution in [3.8, 4) is 0 Å². The number of thioether (sulfide) groups is 1. The second-order valence-corrected chi connectivity index (χ2v) is 6.56. The molecule has 4 heteroatoms. The Bertz CT molecular complexity index is 460. The van der Waals surface area contributed by atoms with Gasteiger partial charge < -0.3 is 10.6 Å². The molecule has 0 heterocycles. The number of hydrogen-bond acceptors (Lipinski definition) is 3. The van der Waals surface area contributed by atoms with E-state index in [1.807, 2.05) is 17.2 Å². The van der Waals surface area contributed by atoms with Gasteiger partial charge in [-0.25, -0.2) is 0 Å². The average molecular weight is 292 g/mol. The van der Waals surface area contributed by atoms with E-state index in [1.54, 1.807) is 11.8 Å². The summed E-state index contributed by atoms with van der Waals surface area (Å²) in [7, 11) is 0. The van der Waals surface area contributed by atoms with E-state index in [1.165, 1.54) is 11.1 Å². The maximum atomic E-state index is 12.5. The summed E-state index contributed by atoms with van der Waals surface area (Å²) >= 11 is 1.74. The van der Waals surface area contributed by atoms with Crippen LogP contribution in [0.5, 0.6) is 0 Å². The minimum absolute atomic E-state index is 0.114. The molecule has 2 N–H and O–H groups in total. The highest BCUT2D eigenvalue weighted by molar-refractivity contribution is 7.98. The van der Waals surface area contributed by atoms with E-state index in [0.717, 1.165) is 25.0 Å². The van der Waals surface area contributed by atoms with Crippen LogP contribution in [0.4, 0.5) is 0 Å². The van der Waals surface area contributed by atoms with Crippen molar-refractivity contribution >= 4 is 17.7 Å². The van der Waals surface area contributed by atoms with Crippen molar-refractivity contribution in [3.05, 3.63) is 35.4 Å². The van der Waals surface area contributed by atoms with Gasteiger partial charge in [-0.05, 0) is 43.8 Å². The predicted molar refractivity (Wildman–Crippen MR) is 85.7 cm³/mol. The Hall–Kier alpha value is -1.00. The molecule has 0 spiro atoms. The normalized spacial score (nSPS) is 15.9. The molecule has 1 aromatic carbocycles. The number of rotatable bonds is 7. The highest BCUT2D eigenvalue weighted by atomic mass is 32.2. The quantitative estimate of drug-likeness (QED) is 0.840. The molecule has 0 bridgehead atoms. The van der Waals surface area contributed by atoms with Gasteiger partial charge in [0.15, 0.2) is 0 Å². The fourth-order valence-electron chi connectivity index (χ4n) is 2.36. The standard InChI is InChI=1S/C16H24N2OS/c1-12-4-3-5-13(10-12)11-18(14-6-7-14)16(19)15(17)8-9-20-2/h3-5,10,14-15H,6-9,11,17H2,1-2H3/t15-/m1/s1. The van der Waals surface area contributed by atoms with Crippen LogP contribution in [-0.2, 0) is 11.3 Å². The van der Waals surface area contributed by atoms with Crippen molar-refractivity contribution < 1.29 is 4.79 Å². The molecule has 1 atom stereocenters. The Labute approximate surface area is 125 Å². The van der Waals surface area contributed by atoms with Crippen LogP contribution in [0.15, 0.2) is 24.3 Å². The molecular formula is C16H24N2OS. The van der Waals surface area contributed by atoms with Gasteiger partial charge in [-0.3, -0.25) is 4.79 Å². The Morgan fingerprint density at radius 2 is 2.25 bits per heavy atom. The monoisotopic (exact) mass is 292 g/mol. The first kappa shape index (κ1) is 15.4. The van der Waals surface area contributed by atoms with Gasteiger partial charge in [0.25, 0.3) is 0 Å². The zero-order valence-corrected chi connectivity index (χ0v) is 13.2. The molecule has 1 aliphatic carbocycles. The van der Waals surface area contributed by atoms with Crippen molar-refractivity contribution in [2.75, 3.05) is 12.0 Å². The molecule has 0 unspecified atom stereocenters. The fourth-order valence-corrected chi connectivity index (χ4v) is 2.85. The summed E-state index contributed by atoms with van der Waals surface area (Å²) in [5.74, 6) is 1.05. The summed E-state index contributed by atoms with van der Waals surface area (Å²) in [6.07, 6.45) is 5.04. The van der Waals surface area contributed by atoms with Crippen LogP contribution < -0.4 is 5.73 Å². The fraction of sp³-hybridized carbons (Fsp3) is 0.562. The highest BCUT2D eigenvalue weighted by Gasteiger charge is 2.34. The molecule has 0 saturated heterocycles. The molecule has 110 valence electrons. The van der Waals surface area contributed by atoms with Crippen molar-refractivity contribution in [2.45, 2.75) is 44.8 Å². The van der Waals surface area contributed by atoms with Gasteiger partial charge in [-0.2, -0.15) is 11.8 Å². The topological polar surface area (TPSA) is 46.3 Å². The maximum absolute atomic E-state index is 12.5. The summed E-state index contributed by atoms with van der Waals surface area (Å²) in [6.45, 7) is 2.77. The third-order valence-corrected chi connectivity index (χ3v) is 4.30. The summed E-state index contributed by atoms with van der Waals surface area (Å²) in [4.78, 5) is 14.5. The Kier molecular flexibility index (Phi) is 5.49. The van der Waals surface area contributed by atoms with Crippen LogP contribution in [-0.4, -0.2) is 34.9 Å². The van der Waals surface area contributed by atoms with Gasteiger partial charge in [-0.15, -0.1) is 0 Å². The third-order valence-electron chi connectivity index (χ3n) is 3.66. The Morgan fingerprint density at radius 3 is 2.85 bits per heavy atom. The average Bonchev–Trinajstić information content (AvgIpc) is 3.26. The first-order chi connectivity index (χ1) is 9.61. The predicted octanol–water partition coefficient (Wildman–Crippen LogP) is 2.57. The molecule has 0 aromatic heterocycles. The first-order valence-electron chi connectivity index (χ1n) is 7.22. The van der Waals surface area contributed by atoms with E-state index in [9.17, 15) is 4.79 Å². The number of benzene rings is 1. The summed E-state index contributed by atoms with van der Waals surface area (Å²) in [5, 5.41) is 0. The Morgan fingerprint density at radius 1 is 1.50 bits per heavy atom. The minimum Gasteiger partial charge on any atom is -0.334 e. The molecule has 2 rings (SSSR count). The lowest BCUT2D eigenvalue weighted by atomic mass is 10.1. The lowest BCUT2D eigenvalue weighted by molar-refractivity contribution is -0.133. The molecule has 1 saturated carbocycles. The molecule has 0 radical (unpaired) electrons. The largest absolute Gasteiger partial charge is 0.334 e. The van der Waals surface area contributed by atoms with Gasteiger partial charge in [0.05, 0.1) is 6.04 Å². The van der Waals surface area contributed by atoms with Crippen LogP contribution in [0.25, 0.3) is 0 Å². The summed E-state index contributed by atoms with van der Waals surface area (Å²) in [6, 6.07) is 8.42. The molecule has 3 nitrogen and oxygen atoms in total. The third kappa shape index (κ3) is 4.25. The van der Waals surface area contributed by atoms with E-state index in [-0.39, 0.29) is 11.9 Å². The zero-order valence-electron chi connectivity index (χ0n) is 12.3. The van der Waals surface area contributed by atoms with E-state index < -0.39 is 0 Å². The number of aryl methyl sites for hydroxylation is 1. The smallest absolute Gasteiger partial charge is 0.240 e. The van der Waals surface area contributed by atoms with Gasteiger partial charge in [0, 0.05) is 12.6 Å². The van der Waals surface area contributed by atoms with Crippen molar-refractivity contribution in [1.82, 2.24) is 4.90 Å². The molecular weight excluding hydrogens is 268 g/mol. The van der Waals surface area contributed by atoms with Crippen LogP contribution in [0.2, 0.25) is 0 Å². The second kappa shape index (κ2) is 7.14. The van der Waals surface area contributed by atoms with Crippen molar-refractivity contribution in [3.63, 3.8) is 0 Å². The van der Waals surface area contributed by atoms with Crippen LogP contribution >= 0.6 is 11.8 Å². The van der Waals surface area contributed by atoms with Crippen molar-refractivity contribution in [1.29, 1.82) is 0 Å². The Balaban J connectivity index is 2.01. The zero-order chi connectivity index (χ0) is 14.5. The van der Waals surface area contributed by atoms with Gasteiger partial charge >= 0.3 is 0 Å². The molecule has 1 aliphatic rings. The van der Waals surface area contributed by atoms with Crippen molar-refractivity contribution in [2.24, 2.45) is 5.73 Å². The number of nitrogens with zero attached hydrogens (tertiary/aromatic N) is 1. The molecule has 20 heavy (non-hydrogen) atoms.